The first kappa shape index (κ1) is 20.5. The third-order valence-corrected chi connectivity index (χ3v) is 4.72. The molecule has 0 aliphatic carbocycles. The molecule has 3 aromatic rings. The SMILES string of the molecule is CCCc1nc2c(C)cc(C(=O)N[C@H](C)C(=O)N(O)Cc3ccccc3)cc2[nH]1. The Hall–Kier alpha value is -3.19. The first-order valence-electron chi connectivity index (χ1n) is 9.73. The molecule has 7 heteroatoms. The zero-order valence-corrected chi connectivity index (χ0v) is 16.9. The summed E-state index contributed by atoms with van der Waals surface area (Å²) < 4.78 is 0. The van der Waals surface area contributed by atoms with Gasteiger partial charge in [0.15, 0.2) is 0 Å². The van der Waals surface area contributed by atoms with E-state index in [9.17, 15) is 14.8 Å². The van der Waals surface area contributed by atoms with Crippen molar-refractivity contribution < 1.29 is 14.8 Å². The molecule has 7 nitrogen and oxygen atoms in total. The van der Waals surface area contributed by atoms with Crippen LogP contribution in [0, 0.1) is 6.92 Å². The lowest BCUT2D eigenvalue weighted by Crippen LogP contribution is -2.45. The summed E-state index contributed by atoms with van der Waals surface area (Å²) in [5.74, 6) is -0.0640. The van der Waals surface area contributed by atoms with E-state index in [1.165, 1.54) is 0 Å². The van der Waals surface area contributed by atoms with Gasteiger partial charge in [-0.25, -0.2) is 10.0 Å². The van der Waals surface area contributed by atoms with Gasteiger partial charge in [-0.2, -0.15) is 0 Å². The molecule has 3 N–H and O–H groups in total. The number of amides is 2. The Labute approximate surface area is 169 Å². The molecule has 29 heavy (non-hydrogen) atoms. The van der Waals surface area contributed by atoms with Crippen molar-refractivity contribution in [2.45, 2.75) is 46.2 Å². The summed E-state index contributed by atoms with van der Waals surface area (Å²) in [5.41, 5.74) is 3.76. The van der Waals surface area contributed by atoms with E-state index >= 15 is 0 Å². The van der Waals surface area contributed by atoms with Crippen LogP contribution in [0.4, 0.5) is 0 Å². The quantitative estimate of drug-likeness (QED) is 0.423. The van der Waals surface area contributed by atoms with Crippen molar-refractivity contribution in [3.05, 3.63) is 65.0 Å². The summed E-state index contributed by atoms with van der Waals surface area (Å²) in [6.45, 7) is 5.59. The molecule has 2 amide bonds. The van der Waals surface area contributed by atoms with Gasteiger partial charge in [0.2, 0.25) is 0 Å². The Balaban J connectivity index is 1.69. The number of nitrogens with zero attached hydrogens (tertiary/aromatic N) is 2. The molecule has 3 rings (SSSR count). The first-order valence-corrected chi connectivity index (χ1v) is 9.73. The van der Waals surface area contributed by atoms with Crippen LogP contribution < -0.4 is 5.32 Å². The maximum absolute atomic E-state index is 12.7. The summed E-state index contributed by atoms with van der Waals surface area (Å²) >= 11 is 0. The average molecular weight is 394 g/mol. The largest absolute Gasteiger partial charge is 0.342 e. The van der Waals surface area contributed by atoms with Crippen molar-refractivity contribution in [1.29, 1.82) is 0 Å². The van der Waals surface area contributed by atoms with Gasteiger partial charge >= 0.3 is 0 Å². The molecule has 0 saturated carbocycles. The second-order valence-corrected chi connectivity index (χ2v) is 7.20. The number of hydroxylamine groups is 2. The van der Waals surface area contributed by atoms with Crippen molar-refractivity contribution in [2.75, 3.05) is 0 Å². The maximum atomic E-state index is 12.7. The van der Waals surface area contributed by atoms with Crippen LogP contribution in [0.5, 0.6) is 0 Å². The second-order valence-electron chi connectivity index (χ2n) is 7.20. The van der Waals surface area contributed by atoms with Crippen LogP contribution in [0.2, 0.25) is 0 Å². The minimum atomic E-state index is -0.871. The molecule has 1 atom stereocenters. The molecule has 1 heterocycles. The zero-order valence-electron chi connectivity index (χ0n) is 16.9. The second kappa shape index (κ2) is 8.87. The lowest BCUT2D eigenvalue weighted by molar-refractivity contribution is -0.169. The van der Waals surface area contributed by atoms with Crippen molar-refractivity contribution in [3.8, 4) is 0 Å². The minimum absolute atomic E-state index is 0.0549. The number of hydrogen-bond acceptors (Lipinski definition) is 4. The number of H-pyrrole nitrogens is 1. The van der Waals surface area contributed by atoms with E-state index in [-0.39, 0.29) is 12.5 Å². The highest BCUT2D eigenvalue weighted by Crippen LogP contribution is 2.19. The van der Waals surface area contributed by atoms with E-state index in [1.54, 1.807) is 19.1 Å². The molecule has 0 aliphatic heterocycles. The molecular formula is C22H26N4O3. The van der Waals surface area contributed by atoms with Crippen LogP contribution in [0.3, 0.4) is 0 Å². The highest BCUT2D eigenvalue weighted by molar-refractivity contribution is 6.00. The number of benzene rings is 2. The molecule has 2 aromatic carbocycles. The van der Waals surface area contributed by atoms with E-state index in [2.05, 4.69) is 22.2 Å². The number of aryl methyl sites for hydroxylation is 2. The van der Waals surface area contributed by atoms with Crippen molar-refractivity contribution >= 4 is 22.8 Å². The zero-order chi connectivity index (χ0) is 21.0. The minimum Gasteiger partial charge on any atom is -0.342 e. The predicted molar refractivity (Wildman–Crippen MR) is 111 cm³/mol. The number of nitrogens with one attached hydrogen (secondary N) is 2. The number of aromatic nitrogens is 2. The molecule has 1 aromatic heterocycles. The highest BCUT2D eigenvalue weighted by Gasteiger charge is 2.22. The molecule has 0 aliphatic rings. The smallest absolute Gasteiger partial charge is 0.268 e. The van der Waals surface area contributed by atoms with Crippen LogP contribution in [0.1, 0.15) is 47.6 Å². The fourth-order valence-corrected chi connectivity index (χ4v) is 3.23. The molecule has 0 spiro atoms. The lowest BCUT2D eigenvalue weighted by atomic mass is 10.1. The van der Waals surface area contributed by atoms with E-state index in [0.29, 0.717) is 10.6 Å². The van der Waals surface area contributed by atoms with Gasteiger partial charge in [0.05, 0.1) is 17.6 Å². The molecular weight excluding hydrogens is 368 g/mol. The Bertz CT molecular complexity index is 1010. The summed E-state index contributed by atoms with van der Waals surface area (Å²) in [7, 11) is 0. The van der Waals surface area contributed by atoms with Gasteiger partial charge in [0.1, 0.15) is 11.9 Å². The van der Waals surface area contributed by atoms with Gasteiger partial charge in [-0.1, -0.05) is 37.3 Å². The predicted octanol–water partition coefficient (Wildman–Crippen LogP) is 3.36. The van der Waals surface area contributed by atoms with Gasteiger partial charge in [-0.15, -0.1) is 0 Å². The number of hydrogen-bond donors (Lipinski definition) is 3. The van der Waals surface area contributed by atoms with Crippen molar-refractivity contribution in [3.63, 3.8) is 0 Å². The normalized spacial score (nSPS) is 12.0. The Morgan fingerprint density at radius 3 is 2.66 bits per heavy atom. The van der Waals surface area contributed by atoms with E-state index < -0.39 is 11.9 Å². The van der Waals surface area contributed by atoms with E-state index in [4.69, 9.17) is 0 Å². The summed E-state index contributed by atoms with van der Waals surface area (Å²) in [5, 5.41) is 13.4. The van der Waals surface area contributed by atoms with Crippen molar-refractivity contribution in [2.24, 2.45) is 0 Å². The standard InChI is InChI=1S/C22H26N4O3/c1-4-8-19-24-18-12-17(11-14(2)20(18)25-19)21(27)23-15(3)22(28)26(29)13-16-9-6-5-7-10-16/h5-7,9-12,15,29H,4,8,13H2,1-3H3,(H,23,27)(H,24,25)/t15-/m1/s1. The van der Waals surface area contributed by atoms with Crippen molar-refractivity contribution in [1.82, 2.24) is 20.3 Å². The number of fused-ring (bicyclic) bond motifs is 1. The number of imidazole rings is 1. The summed E-state index contributed by atoms with van der Waals surface area (Å²) in [4.78, 5) is 32.9. The maximum Gasteiger partial charge on any atom is 0.268 e. The number of aromatic amines is 1. The monoisotopic (exact) mass is 394 g/mol. The van der Waals surface area contributed by atoms with Gasteiger partial charge in [0.25, 0.3) is 11.8 Å². The van der Waals surface area contributed by atoms with Crippen LogP contribution in [-0.2, 0) is 17.8 Å². The Morgan fingerprint density at radius 2 is 1.97 bits per heavy atom. The van der Waals surface area contributed by atoms with Crippen LogP contribution in [0.15, 0.2) is 42.5 Å². The molecule has 0 fully saturated rings. The topological polar surface area (TPSA) is 98.3 Å². The Kier molecular flexibility index (Phi) is 6.29. The fourth-order valence-electron chi connectivity index (χ4n) is 3.23. The van der Waals surface area contributed by atoms with Gasteiger partial charge in [-0.05, 0) is 43.5 Å². The van der Waals surface area contributed by atoms with Gasteiger partial charge in [-0.3, -0.25) is 14.8 Å². The number of carbonyl (C=O) groups excluding carboxylic acids is 2. The first-order chi connectivity index (χ1) is 13.9. The number of rotatable bonds is 7. The highest BCUT2D eigenvalue weighted by atomic mass is 16.5. The molecule has 0 unspecified atom stereocenters. The van der Waals surface area contributed by atoms with E-state index in [0.717, 1.165) is 40.8 Å². The molecule has 0 bridgehead atoms. The van der Waals surface area contributed by atoms with Crippen LogP contribution >= 0.6 is 0 Å². The molecule has 0 radical (unpaired) electrons. The average Bonchev–Trinajstić information content (AvgIpc) is 3.11. The fraction of sp³-hybridized carbons (Fsp3) is 0.318. The van der Waals surface area contributed by atoms with Gasteiger partial charge in [0, 0.05) is 12.0 Å². The van der Waals surface area contributed by atoms with E-state index in [1.807, 2.05) is 37.3 Å². The molecule has 152 valence electrons. The van der Waals surface area contributed by atoms with Gasteiger partial charge < -0.3 is 10.3 Å². The van der Waals surface area contributed by atoms with Crippen LogP contribution in [-0.4, -0.2) is 38.1 Å². The molecule has 0 saturated heterocycles. The lowest BCUT2D eigenvalue weighted by Gasteiger charge is -2.20. The summed E-state index contributed by atoms with van der Waals surface area (Å²) in [6, 6.07) is 11.8. The summed E-state index contributed by atoms with van der Waals surface area (Å²) in [6.07, 6.45) is 1.82. The third-order valence-electron chi connectivity index (χ3n) is 4.72. The van der Waals surface area contributed by atoms with Crippen LogP contribution in [0.25, 0.3) is 11.0 Å². The number of carbonyl (C=O) groups is 2. The third kappa shape index (κ3) is 4.81. The Morgan fingerprint density at radius 1 is 1.24 bits per heavy atom.